The number of imidazole rings is 1. The van der Waals surface area contributed by atoms with Crippen LogP contribution in [-0.4, -0.2) is 49.3 Å². The van der Waals surface area contributed by atoms with E-state index in [1.165, 1.54) is 0 Å². The van der Waals surface area contributed by atoms with Gasteiger partial charge in [0.25, 0.3) is 0 Å². The first-order valence-electron chi connectivity index (χ1n) is 12.7. The van der Waals surface area contributed by atoms with E-state index in [0.717, 1.165) is 40.8 Å². The Morgan fingerprint density at radius 2 is 1.97 bits per heavy atom. The molecule has 1 aromatic carbocycles. The summed E-state index contributed by atoms with van der Waals surface area (Å²) in [7, 11) is 1.87. The van der Waals surface area contributed by atoms with Gasteiger partial charge >= 0.3 is 6.09 Å². The lowest BCUT2D eigenvalue weighted by molar-refractivity contribution is 0.0178. The molecule has 1 aliphatic heterocycles. The van der Waals surface area contributed by atoms with E-state index in [2.05, 4.69) is 17.1 Å². The van der Waals surface area contributed by atoms with Crippen LogP contribution in [0.3, 0.4) is 0 Å². The zero-order valence-corrected chi connectivity index (χ0v) is 22.4. The Balaban J connectivity index is 1.53. The molecule has 0 bridgehead atoms. The number of pyridine rings is 1. The number of aliphatic hydroxyl groups is 1. The highest BCUT2D eigenvalue weighted by atomic mass is 35.5. The summed E-state index contributed by atoms with van der Waals surface area (Å²) >= 11 is 6.51. The number of hydrogen-bond acceptors (Lipinski definition) is 5. The summed E-state index contributed by atoms with van der Waals surface area (Å²) < 4.78 is 7.43. The molecule has 7 nitrogen and oxygen atoms in total. The summed E-state index contributed by atoms with van der Waals surface area (Å²) in [6.45, 7) is 6.91. The number of amides is 1. The quantitative estimate of drug-likeness (QED) is 0.469. The molecule has 1 fully saturated rings. The van der Waals surface area contributed by atoms with Crippen LogP contribution >= 0.6 is 11.6 Å². The van der Waals surface area contributed by atoms with Gasteiger partial charge in [-0.2, -0.15) is 0 Å². The first kappa shape index (κ1) is 25.5. The van der Waals surface area contributed by atoms with Gasteiger partial charge in [0.15, 0.2) is 0 Å². The molecular weight excluding hydrogens is 488 g/mol. The Hall–Kier alpha value is -3.16. The highest BCUT2D eigenvalue weighted by Gasteiger charge is 2.37. The molecule has 2 aromatic heterocycles. The van der Waals surface area contributed by atoms with Gasteiger partial charge in [-0.15, -0.1) is 0 Å². The monoisotopic (exact) mass is 520 g/mol. The SMILES string of the molecule is Cn1cncc1C(O)C1=Cc2cccnc2[C@@H](C2CCN(C(=O)OC(C)(C)C)CC2)c2ccc(Cl)cc21. The maximum absolute atomic E-state index is 12.7. The number of benzene rings is 1. The van der Waals surface area contributed by atoms with Gasteiger partial charge in [0, 0.05) is 37.3 Å². The van der Waals surface area contributed by atoms with Gasteiger partial charge in [-0.1, -0.05) is 23.7 Å². The van der Waals surface area contributed by atoms with E-state index in [1.807, 2.05) is 62.9 Å². The molecule has 8 heteroatoms. The van der Waals surface area contributed by atoms with Gasteiger partial charge in [-0.3, -0.25) is 4.98 Å². The standard InChI is InChI=1S/C29H33ClN4O3/c1-29(2,3)37-28(36)34-12-9-18(10-13-34)25-21-8-7-20(30)15-22(21)23(14-19-6-5-11-32-26(19)25)27(35)24-16-31-17-33(24)4/h5-8,11,14-18,25,27,35H,9-10,12-13H2,1-4H3/t25-,27?/m0/s1. The molecule has 2 aliphatic rings. The topological polar surface area (TPSA) is 80.5 Å². The van der Waals surface area contributed by atoms with Crippen molar-refractivity contribution >= 4 is 29.3 Å². The number of aromatic nitrogens is 3. The molecule has 0 saturated carbocycles. The van der Waals surface area contributed by atoms with Crippen LogP contribution < -0.4 is 0 Å². The molecule has 1 aliphatic carbocycles. The molecule has 3 heterocycles. The minimum Gasteiger partial charge on any atom is -0.444 e. The molecule has 1 N–H and O–H groups in total. The number of piperidine rings is 1. The molecule has 1 unspecified atom stereocenters. The molecule has 0 spiro atoms. The summed E-state index contributed by atoms with van der Waals surface area (Å²) in [5.74, 6) is 0.255. The number of likely N-dealkylation sites (tertiary alicyclic amines) is 1. The van der Waals surface area contributed by atoms with Crippen molar-refractivity contribution in [2.45, 2.75) is 51.2 Å². The Morgan fingerprint density at radius 1 is 1.22 bits per heavy atom. The molecule has 194 valence electrons. The van der Waals surface area contributed by atoms with E-state index in [9.17, 15) is 9.90 Å². The van der Waals surface area contributed by atoms with Gasteiger partial charge in [0.1, 0.15) is 11.7 Å². The van der Waals surface area contributed by atoms with Crippen LogP contribution in [0.5, 0.6) is 0 Å². The van der Waals surface area contributed by atoms with Crippen molar-refractivity contribution in [3.05, 3.63) is 82.2 Å². The fraction of sp³-hybridized carbons (Fsp3) is 0.414. The average molecular weight is 521 g/mol. The number of fused-ring (bicyclic) bond motifs is 2. The number of rotatable bonds is 3. The van der Waals surface area contributed by atoms with Crippen molar-refractivity contribution in [2.75, 3.05) is 13.1 Å². The summed E-state index contributed by atoms with van der Waals surface area (Å²) in [5, 5.41) is 12.1. The predicted molar refractivity (Wildman–Crippen MR) is 144 cm³/mol. The molecule has 2 atom stereocenters. The summed E-state index contributed by atoms with van der Waals surface area (Å²) in [4.78, 5) is 23.5. The van der Waals surface area contributed by atoms with Gasteiger partial charge in [-0.05, 0) is 86.1 Å². The van der Waals surface area contributed by atoms with Crippen LogP contribution in [0.1, 0.15) is 73.7 Å². The minimum absolute atomic E-state index is 0.00302. The predicted octanol–water partition coefficient (Wildman–Crippen LogP) is 5.84. The number of aliphatic hydroxyl groups excluding tert-OH is 1. The Kier molecular flexibility index (Phi) is 6.86. The number of halogens is 1. The number of hydrogen-bond donors (Lipinski definition) is 1. The van der Waals surface area contributed by atoms with Crippen LogP contribution in [0.2, 0.25) is 5.02 Å². The van der Waals surface area contributed by atoms with Crippen molar-refractivity contribution in [3.8, 4) is 0 Å². The van der Waals surface area contributed by atoms with Gasteiger partial charge in [-0.25, -0.2) is 9.78 Å². The number of nitrogens with zero attached hydrogens (tertiary/aromatic N) is 4. The van der Waals surface area contributed by atoms with Crippen LogP contribution in [0.15, 0.2) is 49.1 Å². The van der Waals surface area contributed by atoms with E-state index < -0.39 is 11.7 Å². The highest BCUT2D eigenvalue weighted by Crippen LogP contribution is 2.47. The lowest BCUT2D eigenvalue weighted by Crippen LogP contribution is -2.42. The van der Waals surface area contributed by atoms with Crippen molar-refractivity contribution in [2.24, 2.45) is 13.0 Å². The Morgan fingerprint density at radius 3 is 2.65 bits per heavy atom. The molecule has 5 rings (SSSR count). The van der Waals surface area contributed by atoms with Gasteiger partial charge in [0.2, 0.25) is 0 Å². The summed E-state index contributed by atoms with van der Waals surface area (Å²) in [6, 6.07) is 9.89. The molecule has 3 aromatic rings. The molecule has 0 radical (unpaired) electrons. The molecular formula is C29H33ClN4O3. The molecule has 1 amide bonds. The van der Waals surface area contributed by atoms with E-state index in [-0.39, 0.29) is 17.9 Å². The fourth-order valence-electron chi connectivity index (χ4n) is 5.49. The second kappa shape index (κ2) is 9.95. The second-order valence-electron chi connectivity index (χ2n) is 10.9. The van der Waals surface area contributed by atoms with Crippen LogP contribution in [0, 0.1) is 5.92 Å². The third-order valence-electron chi connectivity index (χ3n) is 7.23. The zero-order chi connectivity index (χ0) is 26.3. The second-order valence-corrected chi connectivity index (χ2v) is 11.4. The fourth-order valence-corrected chi connectivity index (χ4v) is 5.66. The number of carbonyl (C=O) groups is 1. The van der Waals surface area contributed by atoms with Crippen molar-refractivity contribution in [1.29, 1.82) is 0 Å². The average Bonchev–Trinajstić information content (AvgIpc) is 3.23. The van der Waals surface area contributed by atoms with Crippen LogP contribution in [-0.2, 0) is 11.8 Å². The molecule has 1 saturated heterocycles. The van der Waals surface area contributed by atoms with E-state index in [1.54, 1.807) is 17.4 Å². The number of ether oxygens (including phenoxy) is 1. The lowest BCUT2D eigenvalue weighted by atomic mass is 9.76. The summed E-state index contributed by atoms with van der Waals surface area (Å²) in [5.41, 5.74) is 4.91. The van der Waals surface area contributed by atoms with Crippen molar-refractivity contribution in [1.82, 2.24) is 19.4 Å². The zero-order valence-electron chi connectivity index (χ0n) is 21.7. The largest absolute Gasteiger partial charge is 0.444 e. The Bertz CT molecular complexity index is 1330. The maximum atomic E-state index is 12.7. The number of aryl methyl sites for hydroxylation is 1. The highest BCUT2D eigenvalue weighted by molar-refractivity contribution is 6.30. The van der Waals surface area contributed by atoms with Gasteiger partial charge in [0.05, 0.1) is 23.9 Å². The van der Waals surface area contributed by atoms with Crippen LogP contribution in [0.4, 0.5) is 4.79 Å². The smallest absolute Gasteiger partial charge is 0.410 e. The normalized spacial score (nSPS) is 18.9. The van der Waals surface area contributed by atoms with E-state index in [4.69, 9.17) is 21.3 Å². The number of carbonyl (C=O) groups excluding carboxylic acids is 1. The molecule has 37 heavy (non-hydrogen) atoms. The van der Waals surface area contributed by atoms with E-state index in [0.29, 0.717) is 23.8 Å². The van der Waals surface area contributed by atoms with Gasteiger partial charge < -0.3 is 19.3 Å². The summed E-state index contributed by atoms with van der Waals surface area (Å²) in [6.07, 6.45) is 7.73. The van der Waals surface area contributed by atoms with Crippen LogP contribution in [0.25, 0.3) is 11.6 Å². The Labute approximate surface area is 222 Å². The van der Waals surface area contributed by atoms with Crippen molar-refractivity contribution in [3.63, 3.8) is 0 Å². The first-order valence-corrected chi connectivity index (χ1v) is 13.1. The lowest BCUT2D eigenvalue weighted by Gasteiger charge is -2.37. The third-order valence-corrected chi connectivity index (χ3v) is 7.46. The van der Waals surface area contributed by atoms with E-state index >= 15 is 0 Å². The third kappa shape index (κ3) is 5.15. The first-order chi connectivity index (χ1) is 17.6. The van der Waals surface area contributed by atoms with Crippen molar-refractivity contribution < 1.29 is 14.6 Å². The maximum Gasteiger partial charge on any atom is 0.410 e. The minimum atomic E-state index is -0.884.